The Morgan fingerprint density at radius 1 is 1.43 bits per heavy atom. The van der Waals surface area contributed by atoms with Gasteiger partial charge in [-0.25, -0.2) is 0 Å². The molecule has 0 spiro atoms. The molecule has 1 saturated heterocycles. The van der Waals surface area contributed by atoms with E-state index >= 15 is 0 Å². The first-order chi connectivity index (χ1) is 12.6. The number of aryl methyl sites for hydroxylation is 1. The standard InChI is InChI=1S/C17H30N2O5PSSeSi/c1-11-9-19(16(21)18-15(11)20)14-8-12(24-25(5,26)27)13(23-14)10-22-28(6,7)17(2,3)4/h9,12-14H,8,10H2,1-7H3,(H,18,20,21)/t12-,13+,14+,25?/m0/s1. The topological polar surface area (TPSA) is 82.6 Å². The van der Waals surface area contributed by atoms with E-state index in [1.807, 2.05) is 6.66 Å². The molecule has 4 atom stereocenters. The van der Waals surface area contributed by atoms with E-state index in [4.69, 9.17) is 25.5 Å². The number of hydrogen-bond acceptors (Lipinski definition) is 6. The summed E-state index contributed by atoms with van der Waals surface area (Å²) in [6, 6.07) is 0. The maximum absolute atomic E-state index is 12.3. The molecule has 11 heteroatoms. The van der Waals surface area contributed by atoms with Gasteiger partial charge in [-0.2, -0.15) is 0 Å². The van der Waals surface area contributed by atoms with Crippen LogP contribution in [0.1, 0.15) is 39.0 Å². The van der Waals surface area contributed by atoms with E-state index in [2.05, 4.69) is 54.4 Å². The zero-order valence-corrected chi connectivity index (χ0v) is 21.9. The molecule has 0 aliphatic carbocycles. The summed E-state index contributed by atoms with van der Waals surface area (Å²) in [6.07, 6.45) is 0.827. The Balaban J connectivity index is 2.25. The van der Waals surface area contributed by atoms with Crippen molar-refractivity contribution >= 4 is 40.6 Å². The van der Waals surface area contributed by atoms with Crippen LogP contribution in [0.4, 0.5) is 0 Å². The molecule has 2 rings (SSSR count). The quantitative estimate of drug-likeness (QED) is 0.466. The average molecular weight is 513 g/mol. The Morgan fingerprint density at radius 3 is 2.57 bits per heavy atom. The van der Waals surface area contributed by atoms with Gasteiger partial charge in [0, 0.05) is 0 Å². The zero-order chi connectivity index (χ0) is 21.5. The predicted octanol–water partition coefficient (Wildman–Crippen LogP) is 2.65. The number of nitrogens with one attached hydrogen (secondary N) is 1. The number of aromatic nitrogens is 2. The molecule has 1 aliphatic heterocycles. The van der Waals surface area contributed by atoms with E-state index < -0.39 is 30.7 Å². The van der Waals surface area contributed by atoms with Crippen LogP contribution >= 0.6 is 4.95 Å². The molecule has 1 N–H and O–H groups in total. The molecule has 1 fully saturated rings. The van der Waals surface area contributed by atoms with Crippen LogP contribution in [0.5, 0.6) is 0 Å². The second-order valence-corrected chi connectivity index (χ2v) is 23.4. The summed E-state index contributed by atoms with van der Waals surface area (Å²) in [7, 11) is -1.97. The molecule has 28 heavy (non-hydrogen) atoms. The van der Waals surface area contributed by atoms with Crippen LogP contribution in [0.15, 0.2) is 15.8 Å². The Kier molecular flexibility index (Phi) is 7.43. The monoisotopic (exact) mass is 513 g/mol. The number of H-pyrrole nitrogens is 1. The minimum atomic E-state index is -2.06. The Hall–Kier alpha value is -0.0536. The van der Waals surface area contributed by atoms with Crippen LogP contribution in [0, 0.1) is 6.92 Å². The summed E-state index contributed by atoms with van der Waals surface area (Å²) in [6.45, 7) is 14.8. The fraction of sp³-hybridized carbons (Fsp3) is 0.765. The van der Waals surface area contributed by atoms with Crippen LogP contribution in [-0.4, -0.2) is 58.9 Å². The maximum atomic E-state index is 12.3. The summed E-state index contributed by atoms with van der Waals surface area (Å²) < 4.78 is 20.0. The number of aromatic amines is 1. The first kappa shape index (κ1) is 24.2. The summed E-state index contributed by atoms with van der Waals surface area (Å²) in [5.41, 5.74) is -0.438. The molecule has 7 nitrogen and oxygen atoms in total. The molecule has 0 aromatic carbocycles. The van der Waals surface area contributed by atoms with Gasteiger partial charge >= 0.3 is 180 Å². The number of ether oxygens (including phenoxy) is 1. The van der Waals surface area contributed by atoms with Crippen molar-refractivity contribution in [2.75, 3.05) is 13.3 Å². The molecular formula is C17H30N2O5PSSeSi. The minimum absolute atomic E-state index is 0.0758. The Morgan fingerprint density at radius 2 is 2.04 bits per heavy atom. The molecule has 0 saturated carbocycles. The molecular weight excluding hydrogens is 482 g/mol. The van der Waals surface area contributed by atoms with E-state index in [0.717, 1.165) is 0 Å². The first-order valence-corrected chi connectivity index (χ1v) is 17.5. The van der Waals surface area contributed by atoms with Crippen molar-refractivity contribution in [1.29, 1.82) is 0 Å². The molecule has 1 radical (unpaired) electrons. The van der Waals surface area contributed by atoms with Crippen molar-refractivity contribution < 1.29 is 13.7 Å². The van der Waals surface area contributed by atoms with Crippen molar-refractivity contribution in [2.45, 2.75) is 70.7 Å². The van der Waals surface area contributed by atoms with Crippen molar-refractivity contribution in [3.05, 3.63) is 32.6 Å². The molecule has 2 heterocycles. The third kappa shape index (κ3) is 5.98. The normalized spacial score (nSPS) is 25.6. The first-order valence-electron chi connectivity index (χ1n) is 9.19. The SMILES string of the molecule is Cc1cn([C@H]2C[C@H](OP(C)(=S)[Se])[C@@H](CO[Si](C)(C)C(C)(C)C)O2)c(=O)[nH]c1=O. The second-order valence-electron chi connectivity index (χ2n) is 8.83. The molecule has 0 amide bonds. The van der Waals surface area contributed by atoms with Crippen molar-refractivity contribution in [3.8, 4) is 0 Å². The molecule has 1 unspecified atom stereocenters. The van der Waals surface area contributed by atoms with Gasteiger partial charge in [0.15, 0.2) is 0 Å². The summed E-state index contributed by atoms with van der Waals surface area (Å²) >= 11 is 8.38. The van der Waals surface area contributed by atoms with Gasteiger partial charge in [-0.15, -0.1) is 0 Å². The van der Waals surface area contributed by atoms with Crippen LogP contribution in [0.25, 0.3) is 0 Å². The van der Waals surface area contributed by atoms with Crippen LogP contribution in [0.2, 0.25) is 18.1 Å². The zero-order valence-electron chi connectivity index (χ0n) is 17.5. The van der Waals surface area contributed by atoms with Crippen molar-refractivity contribution in [3.63, 3.8) is 0 Å². The predicted molar refractivity (Wildman–Crippen MR) is 119 cm³/mol. The van der Waals surface area contributed by atoms with E-state index in [1.54, 1.807) is 6.92 Å². The molecule has 1 aromatic rings. The summed E-state index contributed by atoms with van der Waals surface area (Å²) in [5.74, 6) is 0. The van der Waals surface area contributed by atoms with Gasteiger partial charge < -0.3 is 0 Å². The van der Waals surface area contributed by atoms with Crippen LogP contribution < -0.4 is 11.2 Å². The second kappa shape index (κ2) is 8.59. The Bertz CT molecular complexity index is 876. The van der Waals surface area contributed by atoms with Gasteiger partial charge in [-0.05, 0) is 0 Å². The van der Waals surface area contributed by atoms with Crippen LogP contribution in [-0.2, 0) is 25.5 Å². The average Bonchev–Trinajstić information content (AvgIpc) is 2.88. The van der Waals surface area contributed by atoms with Crippen LogP contribution in [0.3, 0.4) is 0 Å². The van der Waals surface area contributed by atoms with Gasteiger partial charge in [-0.1, -0.05) is 0 Å². The van der Waals surface area contributed by atoms with E-state index in [0.29, 0.717) is 18.6 Å². The fourth-order valence-corrected chi connectivity index (χ4v) is 5.44. The number of rotatable bonds is 6. The van der Waals surface area contributed by atoms with Gasteiger partial charge in [-0.3, -0.25) is 0 Å². The Labute approximate surface area is 180 Å². The third-order valence-electron chi connectivity index (χ3n) is 5.38. The van der Waals surface area contributed by atoms with Gasteiger partial charge in [0.25, 0.3) is 0 Å². The summed E-state index contributed by atoms with van der Waals surface area (Å²) in [4.78, 5) is 24.2. The van der Waals surface area contributed by atoms with E-state index in [9.17, 15) is 9.59 Å². The van der Waals surface area contributed by atoms with E-state index in [1.165, 1.54) is 10.8 Å². The molecule has 159 valence electrons. The van der Waals surface area contributed by atoms with Crippen molar-refractivity contribution in [1.82, 2.24) is 9.55 Å². The number of nitrogens with zero attached hydrogens (tertiary/aromatic N) is 1. The molecule has 0 bridgehead atoms. The number of hydrogen-bond donors (Lipinski definition) is 1. The van der Waals surface area contributed by atoms with Crippen molar-refractivity contribution in [2.24, 2.45) is 0 Å². The fourth-order valence-electron chi connectivity index (χ4n) is 2.69. The summed E-state index contributed by atoms with van der Waals surface area (Å²) in [5, 5.41) is 0.0758. The van der Waals surface area contributed by atoms with Gasteiger partial charge in [0.1, 0.15) is 0 Å². The van der Waals surface area contributed by atoms with Gasteiger partial charge in [0.2, 0.25) is 0 Å². The molecule has 1 aromatic heterocycles. The third-order valence-corrected chi connectivity index (χ3v) is 11.3. The molecule has 1 aliphatic rings. The van der Waals surface area contributed by atoms with E-state index in [-0.39, 0.29) is 17.2 Å². The van der Waals surface area contributed by atoms with Gasteiger partial charge in [0.05, 0.1) is 0 Å².